The summed E-state index contributed by atoms with van der Waals surface area (Å²) in [5.74, 6) is -0.00460. The molecular weight excluding hydrogens is 340 g/mol. The van der Waals surface area contributed by atoms with Gasteiger partial charge in [-0.15, -0.1) is 16.4 Å². The largest absolute Gasteiger partial charge is 0.338 e. The standard InChI is InChI=1S/C16H16N6O2S/c23-15(10-22-11-17-18-19-22)20-5-7-21(8-6-20)16(24)14-9-12-3-1-2-4-13(12)25-14/h1-4,9,11H,5-8,10H2. The maximum atomic E-state index is 12.7. The van der Waals surface area contributed by atoms with Gasteiger partial charge in [0.1, 0.15) is 12.9 Å². The van der Waals surface area contributed by atoms with Gasteiger partial charge >= 0.3 is 0 Å². The zero-order valence-electron chi connectivity index (χ0n) is 13.4. The van der Waals surface area contributed by atoms with Gasteiger partial charge in [-0.1, -0.05) is 18.2 Å². The molecule has 4 rings (SSSR count). The summed E-state index contributed by atoms with van der Waals surface area (Å²) < 4.78 is 2.51. The lowest BCUT2D eigenvalue weighted by Crippen LogP contribution is -2.51. The summed E-state index contributed by atoms with van der Waals surface area (Å²) in [5, 5.41) is 11.8. The number of nitrogens with zero attached hydrogens (tertiary/aromatic N) is 6. The van der Waals surface area contributed by atoms with Crippen molar-refractivity contribution in [2.45, 2.75) is 6.54 Å². The molecule has 2 aromatic heterocycles. The summed E-state index contributed by atoms with van der Waals surface area (Å²) in [4.78, 5) is 29.2. The van der Waals surface area contributed by atoms with Crippen LogP contribution in [0.25, 0.3) is 10.1 Å². The zero-order valence-corrected chi connectivity index (χ0v) is 14.2. The maximum absolute atomic E-state index is 12.7. The number of carbonyl (C=O) groups is 2. The fourth-order valence-electron chi connectivity index (χ4n) is 2.89. The first kappa shape index (κ1) is 15.7. The van der Waals surface area contributed by atoms with Crippen molar-refractivity contribution < 1.29 is 9.59 Å². The number of thiophene rings is 1. The smallest absolute Gasteiger partial charge is 0.264 e. The first-order valence-electron chi connectivity index (χ1n) is 7.97. The van der Waals surface area contributed by atoms with Crippen LogP contribution in [0.3, 0.4) is 0 Å². The molecule has 9 heteroatoms. The van der Waals surface area contributed by atoms with Crippen LogP contribution in [-0.4, -0.2) is 68.0 Å². The summed E-state index contributed by atoms with van der Waals surface area (Å²) >= 11 is 1.51. The number of amides is 2. The molecule has 0 saturated carbocycles. The highest BCUT2D eigenvalue weighted by molar-refractivity contribution is 7.20. The fraction of sp³-hybridized carbons (Fsp3) is 0.312. The second-order valence-corrected chi connectivity index (χ2v) is 6.91. The highest BCUT2D eigenvalue weighted by atomic mass is 32.1. The Morgan fingerprint density at radius 2 is 1.84 bits per heavy atom. The van der Waals surface area contributed by atoms with Crippen LogP contribution in [0.1, 0.15) is 9.67 Å². The monoisotopic (exact) mass is 356 g/mol. The van der Waals surface area contributed by atoms with Gasteiger partial charge in [0.05, 0.1) is 4.88 Å². The molecule has 0 atom stereocenters. The number of fused-ring (bicyclic) bond motifs is 1. The van der Waals surface area contributed by atoms with E-state index in [9.17, 15) is 9.59 Å². The van der Waals surface area contributed by atoms with Crippen LogP contribution in [0.15, 0.2) is 36.7 Å². The van der Waals surface area contributed by atoms with Crippen molar-refractivity contribution in [1.29, 1.82) is 0 Å². The number of benzene rings is 1. The molecule has 0 spiro atoms. The average Bonchev–Trinajstić information content (AvgIpc) is 3.30. The molecule has 2 amide bonds. The van der Waals surface area contributed by atoms with Crippen molar-refractivity contribution in [3.05, 3.63) is 41.5 Å². The molecule has 0 bridgehead atoms. The molecule has 25 heavy (non-hydrogen) atoms. The van der Waals surface area contributed by atoms with E-state index in [0.717, 1.165) is 15.0 Å². The Kier molecular flexibility index (Phi) is 4.14. The van der Waals surface area contributed by atoms with E-state index in [0.29, 0.717) is 26.2 Å². The lowest BCUT2D eigenvalue weighted by molar-refractivity contribution is -0.133. The summed E-state index contributed by atoms with van der Waals surface area (Å²) in [7, 11) is 0. The van der Waals surface area contributed by atoms with E-state index in [-0.39, 0.29) is 18.4 Å². The van der Waals surface area contributed by atoms with Crippen molar-refractivity contribution in [2.24, 2.45) is 0 Å². The van der Waals surface area contributed by atoms with E-state index in [2.05, 4.69) is 15.5 Å². The molecule has 128 valence electrons. The Balaban J connectivity index is 1.37. The van der Waals surface area contributed by atoms with E-state index in [1.165, 1.54) is 22.3 Å². The molecule has 3 heterocycles. The van der Waals surface area contributed by atoms with Gasteiger partial charge in [0.25, 0.3) is 5.91 Å². The van der Waals surface area contributed by atoms with Crippen LogP contribution in [0, 0.1) is 0 Å². The Hall–Kier alpha value is -2.81. The number of carbonyl (C=O) groups excluding carboxylic acids is 2. The summed E-state index contributed by atoms with van der Waals surface area (Å²) in [6, 6.07) is 9.92. The van der Waals surface area contributed by atoms with Gasteiger partial charge < -0.3 is 9.80 Å². The van der Waals surface area contributed by atoms with Gasteiger partial charge in [-0.3, -0.25) is 9.59 Å². The van der Waals surface area contributed by atoms with E-state index in [1.807, 2.05) is 35.2 Å². The average molecular weight is 356 g/mol. The zero-order chi connectivity index (χ0) is 17.2. The lowest BCUT2D eigenvalue weighted by atomic mass is 10.2. The van der Waals surface area contributed by atoms with Crippen molar-refractivity contribution in [3.63, 3.8) is 0 Å². The molecule has 0 radical (unpaired) electrons. The topological polar surface area (TPSA) is 84.2 Å². The van der Waals surface area contributed by atoms with Crippen LogP contribution >= 0.6 is 11.3 Å². The maximum Gasteiger partial charge on any atom is 0.264 e. The summed E-state index contributed by atoms with van der Waals surface area (Å²) in [5.41, 5.74) is 0. The van der Waals surface area contributed by atoms with Gasteiger partial charge in [-0.25, -0.2) is 4.68 Å². The van der Waals surface area contributed by atoms with Crippen molar-refractivity contribution >= 4 is 33.2 Å². The van der Waals surface area contributed by atoms with Crippen LogP contribution < -0.4 is 0 Å². The van der Waals surface area contributed by atoms with Gasteiger partial charge in [-0.2, -0.15) is 0 Å². The minimum Gasteiger partial charge on any atom is -0.338 e. The second kappa shape index (κ2) is 6.60. The van der Waals surface area contributed by atoms with Gasteiger partial charge in [0.15, 0.2) is 0 Å². The molecule has 8 nitrogen and oxygen atoms in total. The molecule has 1 fully saturated rings. The molecule has 1 aromatic carbocycles. The Morgan fingerprint density at radius 3 is 2.56 bits per heavy atom. The third-order valence-corrected chi connectivity index (χ3v) is 5.35. The van der Waals surface area contributed by atoms with Crippen molar-refractivity contribution in [2.75, 3.05) is 26.2 Å². The lowest BCUT2D eigenvalue weighted by Gasteiger charge is -2.34. The minimum absolute atomic E-state index is 0.0359. The Morgan fingerprint density at radius 1 is 1.08 bits per heavy atom. The molecule has 1 saturated heterocycles. The van der Waals surface area contributed by atoms with E-state index >= 15 is 0 Å². The minimum atomic E-state index is -0.0405. The highest BCUT2D eigenvalue weighted by Gasteiger charge is 2.26. The molecule has 0 aliphatic carbocycles. The third-order valence-electron chi connectivity index (χ3n) is 4.24. The summed E-state index contributed by atoms with van der Waals surface area (Å²) in [6.07, 6.45) is 1.42. The Bertz CT molecular complexity index is 865. The van der Waals surface area contributed by atoms with E-state index in [4.69, 9.17) is 0 Å². The quantitative estimate of drug-likeness (QED) is 0.695. The van der Waals surface area contributed by atoms with Crippen LogP contribution in [-0.2, 0) is 11.3 Å². The van der Waals surface area contributed by atoms with Gasteiger partial charge in [0, 0.05) is 30.9 Å². The van der Waals surface area contributed by atoms with Crippen LogP contribution in [0.4, 0.5) is 0 Å². The predicted molar refractivity (Wildman–Crippen MR) is 92.1 cm³/mol. The van der Waals surface area contributed by atoms with Crippen LogP contribution in [0.5, 0.6) is 0 Å². The molecule has 3 aromatic rings. The Labute approximate surface area is 147 Å². The normalized spacial score (nSPS) is 14.9. The number of rotatable bonds is 3. The van der Waals surface area contributed by atoms with Crippen molar-refractivity contribution in [1.82, 2.24) is 30.0 Å². The molecular formula is C16H16N6O2S. The second-order valence-electron chi connectivity index (χ2n) is 5.83. The van der Waals surface area contributed by atoms with Crippen molar-refractivity contribution in [3.8, 4) is 0 Å². The fourth-order valence-corrected chi connectivity index (χ4v) is 3.92. The van der Waals surface area contributed by atoms with E-state index < -0.39 is 0 Å². The third kappa shape index (κ3) is 3.22. The predicted octanol–water partition coefficient (Wildman–Crippen LogP) is 0.872. The SMILES string of the molecule is O=C(Cn1cnnn1)N1CCN(C(=O)c2cc3ccccc3s2)CC1. The van der Waals surface area contributed by atoms with Gasteiger partial charge in [-0.05, 0) is 27.9 Å². The number of tetrazole rings is 1. The molecule has 1 aliphatic heterocycles. The van der Waals surface area contributed by atoms with Crippen LogP contribution in [0.2, 0.25) is 0 Å². The highest BCUT2D eigenvalue weighted by Crippen LogP contribution is 2.26. The number of aromatic nitrogens is 4. The van der Waals surface area contributed by atoms with Gasteiger partial charge in [0.2, 0.25) is 5.91 Å². The van der Waals surface area contributed by atoms with E-state index in [1.54, 1.807) is 4.90 Å². The molecule has 0 N–H and O–H groups in total. The molecule has 0 unspecified atom stereocenters. The first-order valence-corrected chi connectivity index (χ1v) is 8.79. The number of piperazine rings is 1. The summed E-state index contributed by atoms with van der Waals surface area (Å²) in [6.45, 7) is 2.25. The number of hydrogen-bond acceptors (Lipinski definition) is 6. The number of hydrogen-bond donors (Lipinski definition) is 0. The molecule has 1 aliphatic rings. The first-order chi connectivity index (χ1) is 12.2.